The Morgan fingerprint density at radius 1 is 1.47 bits per heavy atom. The highest BCUT2D eigenvalue weighted by atomic mass is 35.5. The lowest BCUT2D eigenvalue weighted by molar-refractivity contribution is 0.0630. The van der Waals surface area contributed by atoms with Gasteiger partial charge in [0.2, 0.25) is 0 Å². The van der Waals surface area contributed by atoms with Crippen molar-refractivity contribution in [3.05, 3.63) is 24.0 Å². The van der Waals surface area contributed by atoms with E-state index in [4.69, 9.17) is 0 Å². The van der Waals surface area contributed by atoms with Crippen LogP contribution >= 0.6 is 12.4 Å². The Morgan fingerprint density at radius 3 is 2.84 bits per heavy atom. The summed E-state index contributed by atoms with van der Waals surface area (Å²) in [6.07, 6.45) is 4.31. The first-order chi connectivity index (χ1) is 8.65. The number of hydrogen-bond acceptors (Lipinski definition) is 2. The van der Waals surface area contributed by atoms with Crippen molar-refractivity contribution in [2.75, 3.05) is 0 Å². The fourth-order valence-corrected chi connectivity index (χ4v) is 2.98. The molecule has 2 N–H and O–H groups in total. The minimum absolute atomic E-state index is 0. The van der Waals surface area contributed by atoms with Crippen molar-refractivity contribution < 1.29 is 13.6 Å². The molecule has 2 saturated heterocycles. The van der Waals surface area contributed by atoms with Crippen LogP contribution < -0.4 is 10.6 Å². The van der Waals surface area contributed by atoms with Gasteiger partial charge in [-0.2, -0.15) is 8.78 Å². The van der Waals surface area contributed by atoms with Crippen LogP contribution in [-0.2, 0) is 0 Å². The third kappa shape index (κ3) is 2.60. The van der Waals surface area contributed by atoms with Crippen LogP contribution in [0.5, 0.6) is 0 Å². The van der Waals surface area contributed by atoms with Gasteiger partial charge in [-0.1, -0.05) is 0 Å². The number of nitrogens with one attached hydrogen (secondary N) is 2. The van der Waals surface area contributed by atoms with Gasteiger partial charge >= 0.3 is 6.55 Å². The highest BCUT2D eigenvalue weighted by Gasteiger charge is 2.39. The molecule has 2 aliphatic heterocycles. The summed E-state index contributed by atoms with van der Waals surface area (Å²) in [6, 6.07) is 3.72. The molecule has 19 heavy (non-hydrogen) atoms. The molecule has 4 nitrogen and oxygen atoms in total. The van der Waals surface area contributed by atoms with Crippen LogP contribution in [0.25, 0.3) is 0 Å². The van der Waals surface area contributed by atoms with Gasteiger partial charge in [-0.15, -0.1) is 12.4 Å². The molecule has 0 saturated carbocycles. The molecule has 3 atom stereocenters. The fourth-order valence-electron chi connectivity index (χ4n) is 2.98. The van der Waals surface area contributed by atoms with E-state index in [1.54, 1.807) is 0 Å². The Morgan fingerprint density at radius 2 is 2.26 bits per heavy atom. The van der Waals surface area contributed by atoms with Crippen molar-refractivity contribution in [3.8, 4) is 0 Å². The second-order valence-corrected chi connectivity index (χ2v) is 4.94. The number of hydrogen-bond donors (Lipinski definition) is 2. The molecule has 2 fully saturated rings. The summed E-state index contributed by atoms with van der Waals surface area (Å²) in [5.41, 5.74) is 0.0211. The van der Waals surface area contributed by atoms with Gasteiger partial charge in [0, 0.05) is 24.3 Å². The van der Waals surface area contributed by atoms with Crippen LogP contribution in [0.2, 0.25) is 0 Å². The number of alkyl halides is 2. The SMILES string of the molecule is Cl.O=C(N[C@H]1C[C@H]2CC[C@@H]1N2)c1cccn1C(F)F. The van der Waals surface area contributed by atoms with Gasteiger partial charge in [0.1, 0.15) is 5.69 Å². The first kappa shape index (κ1) is 14.3. The Bertz CT molecular complexity index is 466. The Labute approximate surface area is 116 Å². The molecular formula is C12H16ClF2N3O. The predicted molar refractivity (Wildman–Crippen MR) is 68.7 cm³/mol. The van der Waals surface area contributed by atoms with Crippen LogP contribution in [0.4, 0.5) is 8.78 Å². The van der Waals surface area contributed by atoms with Crippen molar-refractivity contribution in [1.82, 2.24) is 15.2 Å². The molecule has 0 aromatic carbocycles. The Hall–Kier alpha value is -1.14. The van der Waals surface area contributed by atoms with Gasteiger partial charge in [0.25, 0.3) is 5.91 Å². The second-order valence-electron chi connectivity index (χ2n) is 4.94. The van der Waals surface area contributed by atoms with Crippen molar-refractivity contribution in [2.24, 2.45) is 0 Å². The van der Waals surface area contributed by atoms with Gasteiger partial charge < -0.3 is 10.6 Å². The molecular weight excluding hydrogens is 276 g/mol. The minimum atomic E-state index is -2.68. The largest absolute Gasteiger partial charge is 0.346 e. The van der Waals surface area contributed by atoms with E-state index in [9.17, 15) is 13.6 Å². The lowest BCUT2D eigenvalue weighted by Gasteiger charge is -2.21. The number of amides is 1. The molecule has 2 aliphatic rings. The molecule has 3 heterocycles. The summed E-state index contributed by atoms with van der Waals surface area (Å²) in [5, 5.41) is 6.25. The number of carbonyl (C=O) groups is 1. The van der Waals surface area contributed by atoms with Crippen LogP contribution in [0.15, 0.2) is 18.3 Å². The van der Waals surface area contributed by atoms with E-state index >= 15 is 0 Å². The van der Waals surface area contributed by atoms with Crippen molar-refractivity contribution in [1.29, 1.82) is 0 Å². The smallest absolute Gasteiger partial charge is 0.319 e. The highest BCUT2D eigenvalue weighted by molar-refractivity contribution is 5.93. The van der Waals surface area contributed by atoms with Crippen LogP contribution in [0.1, 0.15) is 36.3 Å². The molecule has 2 bridgehead atoms. The fraction of sp³-hybridized carbons (Fsp3) is 0.583. The van der Waals surface area contributed by atoms with E-state index in [1.165, 1.54) is 18.3 Å². The normalized spacial score (nSPS) is 28.5. The molecule has 0 radical (unpaired) electrons. The van der Waals surface area contributed by atoms with E-state index in [0.29, 0.717) is 16.7 Å². The maximum absolute atomic E-state index is 12.7. The summed E-state index contributed by atoms with van der Waals surface area (Å²) in [7, 11) is 0. The van der Waals surface area contributed by atoms with Gasteiger partial charge in [0.15, 0.2) is 0 Å². The van der Waals surface area contributed by atoms with Gasteiger partial charge in [-0.05, 0) is 31.4 Å². The van der Waals surface area contributed by atoms with Crippen molar-refractivity contribution >= 4 is 18.3 Å². The first-order valence-corrected chi connectivity index (χ1v) is 6.17. The lowest BCUT2D eigenvalue weighted by Crippen LogP contribution is -2.43. The Kier molecular flexibility index (Phi) is 4.10. The van der Waals surface area contributed by atoms with E-state index in [1.807, 2.05) is 0 Å². The minimum Gasteiger partial charge on any atom is -0.346 e. The number of aromatic nitrogens is 1. The molecule has 1 aromatic rings. The topological polar surface area (TPSA) is 46.1 Å². The maximum atomic E-state index is 12.7. The van der Waals surface area contributed by atoms with Crippen LogP contribution in [0.3, 0.4) is 0 Å². The molecule has 1 aromatic heterocycles. The van der Waals surface area contributed by atoms with Crippen LogP contribution in [-0.4, -0.2) is 28.6 Å². The summed E-state index contributed by atoms with van der Waals surface area (Å²) < 4.78 is 26.0. The highest BCUT2D eigenvalue weighted by Crippen LogP contribution is 2.28. The van der Waals surface area contributed by atoms with E-state index in [-0.39, 0.29) is 24.1 Å². The third-order valence-electron chi connectivity index (χ3n) is 3.84. The van der Waals surface area contributed by atoms with Gasteiger partial charge in [-0.25, -0.2) is 0 Å². The summed E-state index contributed by atoms with van der Waals surface area (Å²) in [6.45, 7) is -2.68. The number of nitrogens with zero attached hydrogens (tertiary/aromatic N) is 1. The molecule has 1 amide bonds. The average molecular weight is 292 g/mol. The lowest BCUT2D eigenvalue weighted by atomic mass is 9.95. The third-order valence-corrected chi connectivity index (χ3v) is 3.84. The molecule has 106 valence electrons. The van der Waals surface area contributed by atoms with E-state index < -0.39 is 12.5 Å². The van der Waals surface area contributed by atoms with Gasteiger partial charge in [-0.3, -0.25) is 9.36 Å². The van der Waals surface area contributed by atoms with Crippen molar-refractivity contribution in [3.63, 3.8) is 0 Å². The van der Waals surface area contributed by atoms with E-state index in [2.05, 4.69) is 10.6 Å². The number of halogens is 3. The first-order valence-electron chi connectivity index (χ1n) is 6.17. The quantitative estimate of drug-likeness (QED) is 0.894. The average Bonchev–Trinajstić information content (AvgIpc) is 3.04. The molecule has 0 spiro atoms. The molecule has 0 unspecified atom stereocenters. The van der Waals surface area contributed by atoms with Crippen molar-refractivity contribution in [2.45, 2.75) is 43.9 Å². The van der Waals surface area contributed by atoms with Gasteiger partial charge in [0.05, 0.1) is 0 Å². The maximum Gasteiger partial charge on any atom is 0.319 e. The monoisotopic (exact) mass is 291 g/mol. The summed E-state index contributed by atoms with van der Waals surface area (Å²) >= 11 is 0. The zero-order chi connectivity index (χ0) is 12.7. The number of carbonyl (C=O) groups excluding carboxylic acids is 1. The zero-order valence-electron chi connectivity index (χ0n) is 10.2. The number of fused-ring (bicyclic) bond motifs is 2. The zero-order valence-corrected chi connectivity index (χ0v) is 11.0. The standard InChI is InChI=1S/C12H15F2N3O.ClH/c13-12(14)17-5-1-2-10(17)11(18)16-9-6-7-3-4-8(9)15-7;/h1-2,5,7-9,12,15H,3-4,6H2,(H,16,18);1H/t7-,8+,9+;/m1./s1. The molecule has 0 aliphatic carbocycles. The molecule has 3 rings (SSSR count). The predicted octanol–water partition coefficient (Wildman–Crippen LogP) is 1.93. The van der Waals surface area contributed by atoms with Crippen LogP contribution in [0, 0.1) is 0 Å². The number of rotatable bonds is 3. The summed E-state index contributed by atoms with van der Waals surface area (Å²) in [5.74, 6) is -0.417. The Balaban J connectivity index is 0.00000133. The summed E-state index contributed by atoms with van der Waals surface area (Å²) in [4.78, 5) is 12.0. The molecule has 7 heteroatoms. The second kappa shape index (κ2) is 5.46. The van der Waals surface area contributed by atoms with E-state index in [0.717, 1.165) is 19.3 Å².